The Morgan fingerprint density at radius 1 is 1.20 bits per heavy atom. The van der Waals surface area contributed by atoms with Gasteiger partial charge in [0, 0.05) is 17.3 Å². The Balaban J connectivity index is 2.60. The average molecular weight is 200 g/mol. The Morgan fingerprint density at radius 3 is 2.53 bits per heavy atom. The van der Waals surface area contributed by atoms with Crippen molar-refractivity contribution < 1.29 is 5.11 Å². The van der Waals surface area contributed by atoms with Crippen molar-refractivity contribution in [2.45, 2.75) is 6.92 Å². The second-order valence-corrected chi connectivity index (χ2v) is 3.40. The molecule has 0 aliphatic rings. The topological polar surface area (TPSA) is 59.1 Å². The first-order valence-electron chi connectivity index (χ1n) is 4.69. The van der Waals surface area contributed by atoms with Crippen molar-refractivity contribution in [1.82, 2.24) is 4.98 Å². The van der Waals surface area contributed by atoms with Crippen molar-refractivity contribution in [3.63, 3.8) is 0 Å². The third-order valence-corrected chi connectivity index (χ3v) is 2.42. The van der Waals surface area contributed by atoms with E-state index in [1.54, 1.807) is 6.20 Å². The van der Waals surface area contributed by atoms with Gasteiger partial charge in [-0.2, -0.15) is 0 Å². The smallest absolute Gasteiger partial charge is 0.166 e. The van der Waals surface area contributed by atoms with Crippen molar-refractivity contribution >= 4 is 5.82 Å². The average Bonchev–Trinajstić information content (AvgIpc) is 2.27. The largest absolute Gasteiger partial charge is 0.504 e. The summed E-state index contributed by atoms with van der Waals surface area (Å²) in [5, 5.41) is 9.66. The maximum atomic E-state index is 9.66. The summed E-state index contributed by atoms with van der Waals surface area (Å²) in [4.78, 5) is 3.94. The van der Waals surface area contributed by atoms with Gasteiger partial charge < -0.3 is 10.8 Å². The van der Waals surface area contributed by atoms with Crippen LogP contribution in [0.5, 0.6) is 5.75 Å². The maximum absolute atomic E-state index is 9.66. The fraction of sp³-hybridized carbons (Fsp3) is 0.0833. The van der Waals surface area contributed by atoms with E-state index in [-0.39, 0.29) is 11.6 Å². The molecule has 0 aliphatic carbocycles. The molecule has 2 rings (SSSR count). The van der Waals surface area contributed by atoms with Crippen molar-refractivity contribution in [2.24, 2.45) is 0 Å². The molecule has 3 N–H and O–H groups in total. The molecular formula is C12H12N2O. The highest BCUT2D eigenvalue weighted by atomic mass is 16.3. The second kappa shape index (κ2) is 3.61. The minimum atomic E-state index is 0.0661. The molecule has 0 amide bonds. The summed E-state index contributed by atoms with van der Waals surface area (Å²) in [7, 11) is 0. The molecule has 0 atom stereocenters. The lowest BCUT2D eigenvalue weighted by molar-refractivity contribution is 0.472. The third kappa shape index (κ3) is 1.64. The minimum Gasteiger partial charge on any atom is -0.504 e. The summed E-state index contributed by atoms with van der Waals surface area (Å²) >= 11 is 0. The minimum absolute atomic E-state index is 0.0661. The number of aromatic hydroxyl groups is 1. The highest BCUT2D eigenvalue weighted by molar-refractivity contribution is 5.71. The first-order chi connectivity index (χ1) is 7.20. The van der Waals surface area contributed by atoms with Crippen LogP contribution in [0.15, 0.2) is 36.5 Å². The quantitative estimate of drug-likeness (QED) is 0.742. The zero-order valence-corrected chi connectivity index (χ0v) is 8.44. The Morgan fingerprint density at radius 2 is 1.87 bits per heavy atom. The van der Waals surface area contributed by atoms with Gasteiger partial charge in [-0.05, 0) is 12.5 Å². The number of benzene rings is 1. The third-order valence-electron chi connectivity index (χ3n) is 2.42. The Kier molecular flexibility index (Phi) is 2.29. The SMILES string of the molecule is Cc1c(-c2ccccc2)cnc(N)c1O. The van der Waals surface area contributed by atoms with E-state index in [1.807, 2.05) is 37.3 Å². The molecule has 0 aliphatic heterocycles. The molecule has 0 spiro atoms. The van der Waals surface area contributed by atoms with E-state index in [9.17, 15) is 5.11 Å². The number of nitrogens with two attached hydrogens (primary N) is 1. The van der Waals surface area contributed by atoms with Gasteiger partial charge >= 0.3 is 0 Å². The molecule has 1 aromatic carbocycles. The van der Waals surface area contributed by atoms with E-state index in [0.717, 1.165) is 16.7 Å². The van der Waals surface area contributed by atoms with Crippen LogP contribution in [-0.4, -0.2) is 10.1 Å². The Labute approximate surface area is 88.2 Å². The highest BCUT2D eigenvalue weighted by Crippen LogP contribution is 2.31. The van der Waals surface area contributed by atoms with Crippen molar-refractivity contribution in [3.8, 4) is 16.9 Å². The van der Waals surface area contributed by atoms with Crippen LogP contribution in [0.1, 0.15) is 5.56 Å². The van der Waals surface area contributed by atoms with Crippen LogP contribution in [0.4, 0.5) is 5.82 Å². The normalized spacial score (nSPS) is 10.2. The zero-order chi connectivity index (χ0) is 10.8. The number of anilines is 1. The lowest BCUT2D eigenvalue weighted by atomic mass is 10.0. The molecule has 2 aromatic rings. The number of pyridine rings is 1. The molecule has 1 heterocycles. The zero-order valence-electron chi connectivity index (χ0n) is 8.44. The lowest BCUT2D eigenvalue weighted by Gasteiger charge is -2.08. The molecule has 0 fully saturated rings. The Bertz CT molecular complexity index is 480. The molecular weight excluding hydrogens is 188 g/mol. The van der Waals surface area contributed by atoms with Crippen LogP contribution in [-0.2, 0) is 0 Å². The summed E-state index contributed by atoms with van der Waals surface area (Å²) in [6.45, 7) is 1.83. The second-order valence-electron chi connectivity index (χ2n) is 3.40. The van der Waals surface area contributed by atoms with Crippen LogP contribution in [0.3, 0.4) is 0 Å². The van der Waals surface area contributed by atoms with Gasteiger partial charge in [-0.25, -0.2) is 4.98 Å². The fourth-order valence-electron chi connectivity index (χ4n) is 1.52. The van der Waals surface area contributed by atoms with E-state index in [0.29, 0.717) is 0 Å². The molecule has 0 saturated carbocycles. The van der Waals surface area contributed by atoms with E-state index in [4.69, 9.17) is 5.73 Å². The van der Waals surface area contributed by atoms with E-state index >= 15 is 0 Å². The van der Waals surface area contributed by atoms with E-state index < -0.39 is 0 Å². The van der Waals surface area contributed by atoms with Gasteiger partial charge in [0.05, 0.1) is 0 Å². The predicted molar refractivity (Wildman–Crippen MR) is 60.5 cm³/mol. The van der Waals surface area contributed by atoms with Gasteiger partial charge in [-0.15, -0.1) is 0 Å². The summed E-state index contributed by atoms with van der Waals surface area (Å²) in [6.07, 6.45) is 1.68. The molecule has 0 radical (unpaired) electrons. The summed E-state index contributed by atoms with van der Waals surface area (Å²) < 4.78 is 0. The predicted octanol–water partition coefficient (Wildman–Crippen LogP) is 2.34. The van der Waals surface area contributed by atoms with E-state index in [1.165, 1.54) is 0 Å². The number of nitrogen functional groups attached to an aromatic ring is 1. The number of hydrogen-bond acceptors (Lipinski definition) is 3. The van der Waals surface area contributed by atoms with Crippen molar-refractivity contribution in [1.29, 1.82) is 0 Å². The lowest BCUT2D eigenvalue weighted by Crippen LogP contribution is -1.94. The molecule has 0 unspecified atom stereocenters. The number of rotatable bonds is 1. The molecule has 0 bridgehead atoms. The van der Waals surface area contributed by atoms with Gasteiger partial charge in [0.15, 0.2) is 11.6 Å². The van der Waals surface area contributed by atoms with Gasteiger partial charge in [0.2, 0.25) is 0 Å². The maximum Gasteiger partial charge on any atom is 0.166 e. The fourth-order valence-corrected chi connectivity index (χ4v) is 1.52. The first kappa shape index (κ1) is 9.52. The van der Waals surface area contributed by atoms with Crippen LogP contribution < -0.4 is 5.73 Å². The summed E-state index contributed by atoms with van der Waals surface area (Å²) in [5.74, 6) is 0.239. The first-order valence-corrected chi connectivity index (χ1v) is 4.69. The van der Waals surface area contributed by atoms with Crippen LogP contribution >= 0.6 is 0 Å². The van der Waals surface area contributed by atoms with Gasteiger partial charge in [-0.3, -0.25) is 0 Å². The molecule has 3 nitrogen and oxygen atoms in total. The van der Waals surface area contributed by atoms with Crippen LogP contribution in [0.25, 0.3) is 11.1 Å². The summed E-state index contributed by atoms with van der Waals surface area (Å²) in [6, 6.07) is 9.78. The van der Waals surface area contributed by atoms with Crippen LogP contribution in [0.2, 0.25) is 0 Å². The van der Waals surface area contributed by atoms with Crippen LogP contribution in [0, 0.1) is 6.92 Å². The molecule has 15 heavy (non-hydrogen) atoms. The van der Waals surface area contributed by atoms with Gasteiger partial charge in [0.25, 0.3) is 0 Å². The van der Waals surface area contributed by atoms with Crippen molar-refractivity contribution in [2.75, 3.05) is 5.73 Å². The summed E-state index contributed by atoms with van der Waals surface area (Å²) in [5.41, 5.74) is 8.20. The Hall–Kier alpha value is -2.03. The number of hydrogen-bond donors (Lipinski definition) is 2. The van der Waals surface area contributed by atoms with Gasteiger partial charge in [0.1, 0.15) is 0 Å². The van der Waals surface area contributed by atoms with Gasteiger partial charge in [-0.1, -0.05) is 30.3 Å². The van der Waals surface area contributed by atoms with E-state index in [2.05, 4.69) is 4.98 Å². The molecule has 76 valence electrons. The van der Waals surface area contributed by atoms with Crippen molar-refractivity contribution in [3.05, 3.63) is 42.1 Å². The molecule has 1 aromatic heterocycles. The monoisotopic (exact) mass is 200 g/mol. The molecule has 0 saturated heterocycles. The molecule has 3 heteroatoms. The highest BCUT2D eigenvalue weighted by Gasteiger charge is 2.08. The number of nitrogens with zero attached hydrogens (tertiary/aromatic N) is 1. The standard InChI is InChI=1S/C12H12N2O/c1-8-10(7-14-12(13)11(8)15)9-5-3-2-4-6-9/h2-7,15H,1H3,(H2,13,14). The number of aromatic nitrogens is 1.